The molecule has 0 unspecified atom stereocenters. The zero-order chi connectivity index (χ0) is 14.0. The third-order valence-electron chi connectivity index (χ3n) is 2.21. The van der Waals surface area contributed by atoms with E-state index >= 15 is 0 Å². The van der Waals surface area contributed by atoms with Crippen LogP contribution in [0.4, 0.5) is 22.0 Å². The molecule has 0 spiro atoms. The van der Waals surface area contributed by atoms with E-state index in [-0.39, 0.29) is 5.56 Å². The number of nitrogens with zero attached hydrogens (tertiary/aromatic N) is 1. The second-order valence-electron chi connectivity index (χ2n) is 3.55. The quantitative estimate of drug-likeness (QED) is 0.775. The molecule has 0 aliphatic carbocycles. The van der Waals surface area contributed by atoms with Crippen LogP contribution in [0.1, 0.15) is 0 Å². The SMILES string of the molecule is Fc1cncc(F)c1-c1cccc(OC(F)(F)F)c1. The molecular formula is C12H6F5NO. The largest absolute Gasteiger partial charge is 0.573 e. The summed E-state index contributed by atoms with van der Waals surface area (Å²) in [5.74, 6) is -2.49. The molecule has 7 heteroatoms. The number of halogens is 5. The molecule has 2 aromatic rings. The number of aromatic nitrogens is 1. The molecule has 0 bridgehead atoms. The van der Waals surface area contributed by atoms with Crippen LogP contribution < -0.4 is 4.74 Å². The predicted molar refractivity (Wildman–Crippen MR) is 56.3 cm³/mol. The molecule has 1 aromatic carbocycles. The number of benzene rings is 1. The lowest BCUT2D eigenvalue weighted by atomic mass is 10.1. The van der Waals surface area contributed by atoms with Crippen molar-refractivity contribution in [3.63, 3.8) is 0 Å². The zero-order valence-corrected chi connectivity index (χ0v) is 9.21. The van der Waals surface area contributed by atoms with Crippen molar-refractivity contribution in [1.29, 1.82) is 0 Å². The minimum atomic E-state index is -4.87. The van der Waals surface area contributed by atoms with Gasteiger partial charge in [-0.2, -0.15) is 0 Å². The molecule has 0 radical (unpaired) electrons. The number of alkyl halides is 3. The van der Waals surface area contributed by atoms with Crippen molar-refractivity contribution in [3.05, 3.63) is 48.3 Å². The van der Waals surface area contributed by atoms with E-state index in [1.54, 1.807) is 0 Å². The molecule has 0 aliphatic rings. The summed E-state index contributed by atoms with van der Waals surface area (Å²) in [5, 5.41) is 0. The van der Waals surface area contributed by atoms with Crippen molar-refractivity contribution in [1.82, 2.24) is 4.98 Å². The summed E-state index contributed by atoms with van der Waals surface area (Å²) in [6.07, 6.45) is -3.32. The highest BCUT2D eigenvalue weighted by Crippen LogP contribution is 2.30. The Balaban J connectivity index is 2.44. The fourth-order valence-electron chi connectivity index (χ4n) is 1.54. The first-order chi connectivity index (χ1) is 8.87. The van der Waals surface area contributed by atoms with Crippen LogP contribution in [0, 0.1) is 11.6 Å². The van der Waals surface area contributed by atoms with Crippen LogP contribution in [0.3, 0.4) is 0 Å². The van der Waals surface area contributed by atoms with Gasteiger partial charge >= 0.3 is 6.36 Å². The molecule has 2 nitrogen and oxygen atoms in total. The van der Waals surface area contributed by atoms with Crippen molar-refractivity contribution in [2.45, 2.75) is 6.36 Å². The second kappa shape index (κ2) is 4.83. The molecule has 0 N–H and O–H groups in total. The van der Waals surface area contributed by atoms with Gasteiger partial charge in [0.1, 0.15) is 5.75 Å². The summed E-state index contributed by atoms with van der Waals surface area (Å²) < 4.78 is 66.7. The highest BCUT2D eigenvalue weighted by Gasteiger charge is 2.31. The number of rotatable bonds is 2. The van der Waals surface area contributed by atoms with E-state index in [2.05, 4.69) is 9.72 Å². The highest BCUT2D eigenvalue weighted by atomic mass is 19.4. The van der Waals surface area contributed by atoms with Crippen LogP contribution >= 0.6 is 0 Å². The molecule has 0 aliphatic heterocycles. The fraction of sp³-hybridized carbons (Fsp3) is 0.0833. The molecule has 19 heavy (non-hydrogen) atoms. The molecule has 0 saturated heterocycles. The normalized spacial score (nSPS) is 11.4. The Morgan fingerprint density at radius 1 is 1.00 bits per heavy atom. The summed E-state index contributed by atoms with van der Waals surface area (Å²) in [6.45, 7) is 0. The summed E-state index contributed by atoms with van der Waals surface area (Å²) in [4.78, 5) is 3.29. The highest BCUT2D eigenvalue weighted by molar-refractivity contribution is 5.65. The van der Waals surface area contributed by atoms with Gasteiger partial charge in [-0.05, 0) is 17.7 Å². The van der Waals surface area contributed by atoms with Crippen LogP contribution in [0.2, 0.25) is 0 Å². The molecular weight excluding hydrogens is 269 g/mol. The molecule has 0 atom stereocenters. The Kier molecular flexibility index (Phi) is 3.37. The number of hydrogen-bond acceptors (Lipinski definition) is 2. The Morgan fingerprint density at radius 2 is 1.63 bits per heavy atom. The Bertz CT molecular complexity index is 577. The standard InChI is InChI=1S/C12H6F5NO/c13-9-5-18-6-10(14)11(9)7-2-1-3-8(4-7)19-12(15,16)17/h1-6H. The van der Waals surface area contributed by atoms with Crippen molar-refractivity contribution in [2.75, 3.05) is 0 Å². The van der Waals surface area contributed by atoms with Crippen molar-refractivity contribution in [2.24, 2.45) is 0 Å². The van der Waals surface area contributed by atoms with Crippen LogP contribution in [-0.4, -0.2) is 11.3 Å². The van der Waals surface area contributed by atoms with Gasteiger partial charge in [-0.3, -0.25) is 4.98 Å². The molecule has 0 amide bonds. The Labute approximate surface area is 104 Å². The van der Waals surface area contributed by atoms with Gasteiger partial charge in [0.25, 0.3) is 0 Å². The number of hydrogen-bond donors (Lipinski definition) is 0. The van der Waals surface area contributed by atoms with E-state index in [4.69, 9.17) is 0 Å². The zero-order valence-electron chi connectivity index (χ0n) is 9.21. The molecule has 1 heterocycles. The van der Waals surface area contributed by atoms with Gasteiger partial charge < -0.3 is 4.74 Å². The lowest BCUT2D eigenvalue weighted by Crippen LogP contribution is -2.17. The van der Waals surface area contributed by atoms with Gasteiger partial charge in [-0.25, -0.2) is 8.78 Å². The Morgan fingerprint density at radius 3 is 2.21 bits per heavy atom. The third kappa shape index (κ3) is 3.18. The Hall–Kier alpha value is -2.18. The van der Waals surface area contributed by atoms with Crippen molar-refractivity contribution >= 4 is 0 Å². The van der Waals surface area contributed by atoms with Crippen LogP contribution in [0.25, 0.3) is 11.1 Å². The predicted octanol–water partition coefficient (Wildman–Crippen LogP) is 3.93. The lowest BCUT2D eigenvalue weighted by molar-refractivity contribution is -0.274. The van der Waals surface area contributed by atoms with Crippen LogP contribution in [0.5, 0.6) is 5.75 Å². The minimum absolute atomic E-state index is 0.0702. The van der Waals surface area contributed by atoms with Crippen LogP contribution in [0.15, 0.2) is 36.7 Å². The maximum Gasteiger partial charge on any atom is 0.573 e. The molecule has 1 aromatic heterocycles. The van der Waals surface area contributed by atoms with E-state index in [1.807, 2.05) is 0 Å². The van der Waals surface area contributed by atoms with Crippen LogP contribution in [-0.2, 0) is 0 Å². The van der Waals surface area contributed by atoms with Gasteiger partial charge in [0.05, 0.1) is 18.0 Å². The van der Waals surface area contributed by atoms with Gasteiger partial charge in [-0.1, -0.05) is 12.1 Å². The van der Waals surface area contributed by atoms with E-state index in [1.165, 1.54) is 12.1 Å². The van der Waals surface area contributed by atoms with Crippen molar-refractivity contribution in [3.8, 4) is 16.9 Å². The average Bonchev–Trinajstić information content (AvgIpc) is 2.26. The molecule has 0 fully saturated rings. The summed E-state index contributed by atoms with van der Waals surface area (Å²) in [7, 11) is 0. The molecule has 2 rings (SSSR count). The maximum atomic E-state index is 13.4. The van der Waals surface area contributed by atoms with Crippen molar-refractivity contribution < 1.29 is 26.7 Å². The maximum absolute atomic E-state index is 13.4. The van der Waals surface area contributed by atoms with E-state index in [0.29, 0.717) is 0 Å². The first-order valence-corrected chi connectivity index (χ1v) is 5.02. The first-order valence-electron chi connectivity index (χ1n) is 5.02. The summed E-state index contributed by atoms with van der Waals surface area (Å²) in [6, 6.07) is 4.41. The monoisotopic (exact) mass is 275 g/mol. The van der Waals surface area contributed by atoms with E-state index in [0.717, 1.165) is 24.5 Å². The van der Waals surface area contributed by atoms with Gasteiger partial charge in [-0.15, -0.1) is 13.2 Å². The minimum Gasteiger partial charge on any atom is -0.406 e. The topological polar surface area (TPSA) is 22.1 Å². The molecule has 100 valence electrons. The van der Waals surface area contributed by atoms with Gasteiger partial charge in [0.2, 0.25) is 0 Å². The second-order valence-corrected chi connectivity index (χ2v) is 3.55. The van der Waals surface area contributed by atoms with Gasteiger partial charge in [0.15, 0.2) is 11.6 Å². The average molecular weight is 275 g/mol. The lowest BCUT2D eigenvalue weighted by Gasteiger charge is -2.10. The molecule has 0 saturated carbocycles. The number of pyridine rings is 1. The van der Waals surface area contributed by atoms with Gasteiger partial charge in [0, 0.05) is 0 Å². The fourth-order valence-corrected chi connectivity index (χ4v) is 1.54. The van der Waals surface area contributed by atoms with E-state index in [9.17, 15) is 22.0 Å². The summed E-state index contributed by atoms with van der Waals surface area (Å²) in [5.41, 5.74) is -0.526. The third-order valence-corrected chi connectivity index (χ3v) is 2.21. The smallest absolute Gasteiger partial charge is 0.406 e. The summed E-state index contributed by atoms with van der Waals surface area (Å²) >= 11 is 0. The van der Waals surface area contributed by atoms with E-state index < -0.39 is 29.3 Å². The first kappa shape index (κ1) is 13.3. The number of ether oxygens (including phenoxy) is 1.